The van der Waals surface area contributed by atoms with Crippen LogP contribution in [0.25, 0.3) is 6.08 Å². The first kappa shape index (κ1) is 21.3. The van der Waals surface area contributed by atoms with E-state index >= 15 is 0 Å². The highest BCUT2D eigenvalue weighted by Gasteiger charge is 2.19. The van der Waals surface area contributed by atoms with Gasteiger partial charge in [-0.15, -0.1) is 0 Å². The highest BCUT2D eigenvalue weighted by Crippen LogP contribution is 2.26. The van der Waals surface area contributed by atoms with Crippen molar-refractivity contribution in [3.63, 3.8) is 0 Å². The summed E-state index contributed by atoms with van der Waals surface area (Å²) in [4.78, 5) is 36.4. The number of carbonyl (C=O) groups is 3. The van der Waals surface area contributed by atoms with Crippen LogP contribution in [0, 0.1) is 0 Å². The molecule has 6 heteroatoms. The van der Waals surface area contributed by atoms with E-state index < -0.39 is 5.97 Å². The van der Waals surface area contributed by atoms with Gasteiger partial charge in [0, 0.05) is 23.2 Å². The van der Waals surface area contributed by atoms with Crippen LogP contribution in [0.15, 0.2) is 54.1 Å². The third-order valence-corrected chi connectivity index (χ3v) is 4.73. The Hall–Kier alpha value is -3.41. The molecule has 0 saturated heterocycles. The molecule has 0 aliphatic carbocycles. The average Bonchev–Trinajstić information content (AvgIpc) is 2.77. The number of amides is 1. The molecule has 1 aliphatic heterocycles. The summed E-state index contributed by atoms with van der Waals surface area (Å²) in [6, 6.07) is 13.9. The van der Waals surface area contributed by atoms with E-state index in [1.54, 1.807) is 30.3 Å². The number of benzene rings is 2. The molecule has 0 atom stereocenters. The molecule has 0 bridgehead atoms. The summed E-state index contributed by atoms with van der Waals surface area (Å²) < 4.78 is 10.7. The number of para-hydroxylation sites is 1. The molecule has 1 aliphatic rings. The minimum atomic E-state index is -0.575. The summed E-state index contributed by atoms with van der Waals surface area (Å²) in [6.45, 7) is 1.83. The lowest BCUT2D eigenvalue weighted by atomic mass is 10.1. The van der Waals surface area contributed by atoms with Gasteiger partial charge in [0.05, 0.1) is 5.57 Å². The van der Waals surface area contributed by atoms with Crippen molar-refractivity contribution in [1.82, 2.24) is 0 Å². The van der Waals surface area contributed by atoms with Crippen LogP contribution in [0.3, 0.4) is 0 Å². The molecule has 0 radical (unpaired) electrons. The minimum Gasteiger partial charge on any atom is -0.488 e. The van der Waals surface area contributed by atoms with E-state index in [9.17, 15) is 14.4 Å². The fraction of sp³-hybridized carbons (Fsp3) is 0.292. The predicted octanol–water partition coefficient (Wildman–Crippen LogP) is 4.41. The maximum absolute atomic E-state index is 12.3. The second-order valence-corrected chi connectivity index (χ2v) is 7.08. The molecule has 0 unspecified atom stereocenters. The number of esters is 1. The maximum Gasteiger partial charge on any atom is 0.337 e. The molecule has 156 valence electrons. The molecule has 1 amide bonds. The number of anilines is 1. The summed E-state index contributed by atoms with van der Waals surface area (Å²) in [7, 11) is 0. The van der Waals surface area contributed by atoms with Gasteiger partial charge < -0.3 is 14.8 Å². The zero-order valence-corrected chi connectivity index (χ0v) is 17.0. The first-order chi connectivity index (χ1) is 14.6. The van der Waals surface area contributed by atoms with Crippen LogP contribution >= 0.6 is 0 Å². The number of rotatable bonds is 9. The Morgan fingerprint density at radius 2 is 1.80 bits per heavy atom. The van der Waals surface area contributed by atoms with Gasteiger partial charge in [0.2, 0.25) is 5.91 Å². The molecule has 30 heavy (non-hydrogen) atoms. The van der Waals surface area contributed by atoms with Gasteiger partial charge in [0.25, 0.3) is 0 Å². The lowest BCUT2D eigenvalue weighted by Crippen LogP contribution is -2.20. The zero-order chi connectivity index (χ0) is 21.3. The van der Waals surface area contributed by atoms with Gasteiger partial charge in [-0.3, -0.25) is 9.59 Å². The van der Waals surface area contributed by atoms with Crippen LogP contribution in [-0.4, -0.2) is 30.9 Å². The van der Waals surface area contributed by atoms with Crippen molar-refractivity contribution in [1.29, 1.82) is 0 Å². The largest absolute Gasteiger partial charge is 0.488 e. The van der Waals surface area contributed by atoms with Gasteiger partial charge in [-0.25, -0.2) is 4.79 Å². The minimum absolute atomic E-state index is 0.0407. The number of carbonyl (C=O) groups excluding carboxylic acids is 3. The average molecular weight is 407 g/mol. The summed E-state index contributed by atoms with van der Waals surface area (Å²) in [5, 5.41) is 2.81. The van der Waals surface area contributed by atoms with Crippen LogP contribution in [-0.2, 0) is 14.3 Å². The SMILES string of the molecule is CCCCCC(=O)Nc1ccc(C(=O)COC(=O)C2=Cc3ccccc3OC2)cc1. The van der Waals surface area contributed by atoms with E-state index in [0.29, 0.717) is 29.0 Å². The number of ketones is 1. The molecule has 0 spiro atoms. The van der Waals surface area contributed by atoms with E-state index in [2.05, 4.69) is 12.2 Å². The first-order valence-corrected chi connectivity index (χ1v) is 10.1. The lowest BCUT2D eigenvalue weighted by molar-refractivity contribution is -0.138. The molecular weight excluding hydrogens is 382 g/mol. The Morgan fingerprint density at radius 3 is 2.57 bits per heavy atom. The molecule has 1 N–H and O–H groups in total. The Kier molecular flexibility index (Phi) is 7.38. The lowest BCUT2D eigenvalue weighted by Gasteiger charge is -2.16. The quantitative estimate of drug-likeness (QED) is 0.378. The molecule has 2 aromatic carbocycles. The van der Waals surface area contributed by atoms with E-state index in [-0.39, 0.29) is 24.9 Å². The molecule has 0 fully saturated rings. The molecule has 0 aromatic heterocycles. The van der Waals surface area contributed by atoms with Crippen molar-refractivity contribution in [2.45, 2.75) is 32.6 Å². The van der Waals surface area contributed by atoms with E-state index in [1.807, 2.05) is 24.3 Å². The fourth-order valence-electron chi connectivity index (χ4n) is 3.04. The van der Waals surface area contributed by atoms with Gasteiger partial charge in [-0.1, -0.05) is 38.0 Å². The van der Waals surface area contributed by atoms with Crippen molar-refractivity contribution >= 4 is 29.4 Å². The van der Waals surface area contributed by atoms with Crippen molar-refractivity contribution in [3.8, 4) is 5.75 Å². The predicted molar refractivity (Wildman–Crippen MR) is 114 cm³/mol. The Balaban J connectivity index is 1.50. The highest BCUT2D eigenvalue weighted by molar-refractivity contribution is 6.01. The summed E-state index contributed by atoms with van der Waals surface area (Å²) >= 11 is 0. The smallest absolute Gasteiger partial charge is 0.337 e. The number of unbranched alkanes of at least 4 members (excludes halogenated alkanes) is 2. The normalized spacial score (nSPS) is 12.2. The van der Waals surface area contributed by atoms with Gasteiger partial charge in [0.15, 0.2) is 12.4 Å². The number of fused-ring (bicyclic) bond motifs is 1. The zero-order valence-electron chi connectivity index (χ0n) is 17.0. The van der Waals surface area contributed by atoms with Crippen LogP contribution in [0.1, 0.15) is 48.5 Å². The van der Waals surface area contributed by atoms with Crippen LogP contribution in [0.4, 0.5) is 5.69 Å². The van der Waals surface area contributed by atoms with Crippen LogP contribution in [0.5, 0.6) is 5.75 Å². The number of Topliss-reactive ketones (excluding diaryl/α,β-unsaturated/α-hetero) is 1. The number of hydrogen-bond donors (Lipinski definition) is 1. The molecular formula is C24H25NO5. The summed E-state index contributed by atoms with van der Waals surface area (Å²) in [5.74, 6) is -0.223. The monoisotopic (exact) mass is 407 g/mol. The van der Waals surface area contributed by atoms with Crippen molar-refractivity contribution < 1.29 is 23.9 Å². The van der Waals surface area contributed by atoms with Gasteiger partial charge in [-0.05, 0) is 42.8 Å². The standard InChI is InChI=1S/C24H25NO5/c1-2-3-4-9-23(27)25-20-12-10-17(11-13-20)21(26)16-30-24(28)19-14-18-7-5-6-8-22(18)29-15-19/h5-8,10-14H,2-4,9,15-16H2,1H3,(H,25,27). The Morgan fingerprint density at radius 1 is 1.03 bits per heavy atom. The molecule has 6 nitrogen and oxygen atoms in total. The van der Waals surface area contributed by atoms with Crippen molar-refractivity contribution in [3.05, 3.63) is 65.2 Å². The van der Waals surface area contributed by atoms with E-state index in [1.165, 1.54) is 0 Å². The van der Waals surface area contributed by atoms with Crippen LogP contribution < -0.4 is 10.1 Å². The van der Waals surface area contributed by atoms with Crippen LogP contribution in [0.2, 0.25) is 0 Å². The molecule has 3 rings (SSSR count). The molecule has 0 saturated carbocycles. The Bertz CT molecular complexity index is 946. The van der Waals surface area contributed by atoms with E-state index in [4.69, 9.17) is 9.47 Å². The number of nitrogens with one attached hydrogen (secondary N) is 1. The van der Waals surface area contributed by atoms with Gasteiger partial charge in [-0.2, -0.15) is 0 Å². The highest BCUT2D eigenvalue weighted by atomic mass is 16.5. The third kappa shape index (κ3) is 5.80. The molecule has 1 heterocycles. The van der Waals surface area contributed by atoms with Gasteiger partial charge in [0.1, 0.15) is 12.4 Å². The van der Waals surface area contributed by atoms with Gasteiger partial charge >= 0.3 is 5.97 Å². The number of hydrogen-bond acceptors (Lipinski definition) is 5. The Labute approximate surface area is 175 Å². The van der Waals surface area contributed by atoms with Crippen molar-refractivity contribution in [2.75, 3.05) is 18.5 Å². The maximum atomic E-state index is 12.3. The number of ether oxygens (including phenoxy) is 2. The van der Waals surface area contributed by atoms with Crippen molar-refractivity contribution in [2.24, 2.45) is 0 Å². The third-order valence-electron chi connectivity index (χ3n) is 4.73. The molecule has 2 aromatic rings. The fourth-order valence-corrected chi connectivity index (χ4v) is 3.04. The second kappa shape index (κ2) is 10.4. The summed E-state index contributed by atoms with van der Waals surface area (Å²) in [5.41, 5.74) is 2.20. The summed E-state index contributed by atoms with van der Waals surface area (Å²) in [6.07, 6.45) is 5.14. The second-order valence-electron chi connectivity index (χ2n) is 7.08. The topological polar surface area (TPSA) is 81.7 Å². The van der Waals surface area contributed by atoms with E-state index in [0.717, 1.165) is 24.8 Å². The first-order valence-electron chi connectivity index (χ1n) is 10.1.